The SMILES string of the molecule is N[C@H]1C[C@@]12CC2(F)F. The predicted octanol–water partition coefficient (Wildman–Crippen LogP) is 0.743. The molecule has 8 heavy (non-hydrogen) atoms. The molecule has 0 aliphatic heterocycles. The van der Waals surface area contributed by atoms with Crippen LogP contribution in [0.1, 0.15) is 12.8 Å². The third kappa shape index (κ3) is 0.284. The molecule has 2 aliphatic rings. The summed E-state index contributed by atoms with van der Waals surface area (Å²) in [7, 11) is 0. The third-order valence-electron chi connectivity index (χ3n) is 2.27. The van der Waals surface area contributed by atoms with E-state index < -0.39 is 11.3 Å². The van der Waals surface area contributed by atoms with Crippen LogP contribution in [0.2, 0.25) is 0 Å². The zero-order valence-electron chi connectivity index (χ0n) is 4.32. The number of nitrogens with two attached hydrogens (primary N) is 1. The first-order valence-electron chi connectivity index (χ1n) is 2.72. The molecule has 2 aliphatic carbocycles. The number of hydrogen-bond donors (Lipinski definition) is 1. The summed E-state index contributed by atoms with van der Waals surface area (Å²) >= 11 is 0. The molecule has 1 nitrogen and oxygen atoms in total. The van der Waals surface area contributed by atoms with Crippen LogP contribution >= 0.6 is 0 Å². The second-order valence-corrected chi connectivity index (χ2v) is 2.85. The van der Waals surface area contributed by atoms with Crippen LogP contribution in [0.4, 0.5) is 8.78 Å². The first kappa shape index (κ1) is 4.68. The van der Waals surface area contributed by atoms with Gasteiger partial charge in [0, 0.05) is 12.5 Å². The smallest absolute Gasteiger partial charge is 0.256 e. The summed E-state index contributed by atoms with van der Waals surface area (Å²) in [5.74, 6) is -2.40. The van der Waals surface area contributed by atoms with Gasteiger partial charge in [0.05, 0.1) is 5.41 Å². The van der Waals surface area contributed by atoms with Crippen LogP contribution in [0.5, 0.6) is 0 Å². The fraction of sp³-hybridized carbons (Fsp3) is 1.00. The van der Waals surface area contributed by atoms with E-state index in [1.165, 1.54) is 0 Å². The number of rotatable bonds is 0. The highest BCUT2D eigenvalue weighted by atomic mass is 19.3. The van der Waals surface area contributed by atoms with Gasteiger partial charge in [-0.25, -0.2) is 8.78 Å². The quantitative estimate of drug-likeness (QED) is 0.500. The minimum absolute atomic E-state index is 0.0428. The lowest BCUT2D eigenvalue weighted by molar-refractivity contribution is 0.0920. The molecule has 0 amide bonds. The maximum Gasteiger partial charge on any atom is 0.256 e. The van der Waals surface area contributed by atoms with Crippen molar-refractivity contribution in [1.82, 2.24) is 0 Å². The maximum atomic E-state index is 12.1. The zero-order chi connectivity index (χ0) is 5.99. The van der Waals surface area contributed by atoms with Gasteiger partial charge >= 0.3 is 0 Å². The Labute approximate surface area is 45.9 Å². The van der Waals surface area contributed by atoms with E-state index in [1.807, 2.05) is 0 Å². The zero-order valence-corrected chi connectivity index (χ0v) is 4.32. The Bertz CT molecular complexity index is 145. The molecule has 0 bridgehead atoms. The summed E-state index contributed by atoms with van der Waals surface area (Å²) in [6.45, 7) is 0. The number of hydrogen-bond acceptors (Lipinski definition) is 1. The molecule has 2 atom stereocenters. The molecule has 3 heteroatoms. The average Bonchev–Trinajstić information content (AvgIpc) is 2.24. The number of halogens is 2. The summed E-state index contributed by atoms with van der Waals surface area (Å²) in [5, 5.41) is 0. The summed E-state index contributed by atoms with van der Waals surface area (Å²) in [5.41, 5.74) is 4.56. The molecule has 0 saturated heterocycles. The van der Waals surface area contributed by atoms with E-state index in [0.29, 0.717) is 6.42 Å². The van der Waals surface area contributed by atoms with Gasteiger partial charge in [-0.2, -0.15) is 0 Å². The van der Waals surface area contributed by atoms with Crippen LogP contribution in [-0.4, -0.2) is 12.0 Å². The van der Waals surface area contributed by atoms with E-state index >= 15 is 0 Å². The second kappa shape index (κ2) is 0.817. The highest BCUT2D eigenvalue weighted by molar-refractivity contribution is 5.27. The Kier molecular flexibility index (Phi) is 0.477. The molecule has 0 heterocycles. The molecule has 0 aromatic rings. The van der Waals surface area contributed by atoms with Gasteiger partial charge in [-0.3, -0.25) is 0 Å². The predicted molar refractivity (Wildman–Crippen MR) is 24.6 cm³/mol. The van der Waals surface area contributed by atoms with Gasteiger partial charge in [-0.05, 0) is 6.42 Å². The van der Waals surface area contributed by atoms with E-state index in [9.17, 15) is 8.78 Å². The van der Waals surface area contributed by atoms with Crippen LogP contribution in [0, 0.1) is 5.41 Å². The fourth-order valence-corrected chi connectivity index (χ4v) is 1.31. The van der Waals surface area contributed by atoms with Crippen molar-refractivity contribution in [3.05, 3.63) is 0 Å². The van der Waals surface area contributed by atoms with Crippen molar-refractivity contribution in [3.8, 4) is 0 Å². The van der Waals surface area contributed by atoms with Crippen molar-refractivity contribution in [3.63, 3.8) is 0 Å². The lowest BCUT2D eigenvalue weighted by Crippen LogP contribution is -2.06. The monoisotopic (exact) mass is 119 g/mol. The van der Waals surface area contributed by atoms with Crippen molar-refractivity contribution < 1.29 is 8.78 Å². The van der Waals surface area contributed by atoms with Crippen molar-refractivity contribution in [2.24, 2.45) is 11.1 Å². The van der Waals surface area contributed by atoms with Crippen molar-refractivity contribution >= 4 is 0 Å². The molecule has 2 N–H and O–H groups in total. The van der Waals surface area contributed by atoms with E-state index in [2.05, 4.69) is 0 Å². The van der Waals surface area contributed by atoms with Gasteiger partial charge < -0.3 is 5.73 Å². The normalized spacial score (nSPS) is 56.6. The Hall–Kier alpha value is -0.180. The summed E-state index contributed by atoms with van der Waals surface area (Å²) in [6, 6.07) is -0.197. The van der Waals surface area contributed by atoms with Crippen LogP contribution in [0.15, 0.2) is 0 Å². The van der Waals surface area contributed by atoms with Gasteiger partial charge in [0.2, 0.25) is 0 Å². The Morgan fingerprint density at radius 1 is 1.50 bits per heavy atom. The number of alkyl halides is 2. The maximum absolute atomic E-state index is 12.1. The molecule has 0 unspecified atom stereocenters. The Balaban J connectivity index is 2.17. The molecule has 0 aromatic heterocycles. The minimum Gasteiger partial charge on any atom is -0.327 e. The summed E-state index contributed by atoms with van der Waals surface area (Å²) in [4.78, 5) is 0. The molecule has 2 rings (SSSR count). The molecule has 2 fully saturated rings. The van der Waals surface area contributed by atoms with Crippen LogP contribution in [0.25, 0.3) is 0 Å². The van der Waals surface area contributed by atoms with Crippen molar-refractivity contribution in [2.75, 3.05) is 0 Å². The molecular weight excluding hydrogens is 112 g/mol. The van der Waals surface area contributed by atoms with Crippen LogP contribution < -0.4 is 5.73 Å². The van der Waals surface area contributed by atoms with E-state index in [1.54, 1.807) is 0 Å². The molecule has 1 spiro atoms. The molecule has 2 saturated carbocycles. The first-order valence-corrected chi connectivity index (χ1v) is 2.72. The molecule has 46 valence electrons. The summed E-state index contributed by atoms with van der Waals surface area (Å²) < 4.78 is 24.3. The van der Waals surface area contributed by atoms with Crippen molar-refractivity contribution in [2.45, 2.75) is 24.8 Å². The molecule has 0 radical (unpaired) electrons. The Morgan fingerprint density at radius 3 is 1.88 bits per heavy atom. The van der Waals surface area contributed by atoms with E-state index in [0.717, 1.165) is 0 Å². The average molecular weight is 119 g/mol. The topological polar surface area (TPSA) is 26.0 Å². The summed E-state index contributed by atoms with van der Waals surface area (Å²) in [6.07, 6.45) is 0.584. The lowest BCUT2D eigenvalue weighted by atomic mass is 10.4. The highest BCUT2D eigenvalue weighted by Crippen LogP contribution is 2.74. The van der Waals surface area contributed by atoms with E-state index in [-0.39, 0.29) is 12.5 Å². The van der Waals surface area contributed by atoms with Crippen LogP contribution in [0.3, 0.4) is 0 Å². The van der Waals surface area contributed by atoms with Gasteiger partial charge in [-0.1, -0.05) is 0 Å². The molecule has 0 aromatic carbocycles. The fourth-order valence-electron chi connectivity index (χ4n) is 1.31. The van der Waals surface area contributed by atoms with Gasteiger partial charge in [0.1, 0.15) is 0 Å². The lowest BCUT2D eigenvalue weighted by Gasteiger charge is -1.87. The molecular formula is C5H7F2N. The van der Waals surface area contributed by atoms with Crippen LogP contribution in [-0.2, 0) is 0 Å². The third-order valence-corrected chi connectivity index (χ3v) is 2.27. The standard InChI is InChI=1S/C5H7F2N/c6-5(7)2-4(5)1-3(4)8/h3H,1-2,8H2/t3-,4+/m0/s1. The van der Waals surface area contributed by atoms with Gasteiger partial charge in [0.15, 0.2) is 0 Å². The Morgan fingerprint density at radius 2 is 1.88 bits per heavy atom. The minimum atomic E-state index is -2.40. The highest BCUT2D eigenvalue weighted by Gasteiger charge is 2.82. The van der Waals surface area contributed by atoms with E-state index in [4.69, 9.17) is 5.73 Å². The van der Waals surface area contributed by atoms with Gasteiger partial charge in [0.25, 0.3) is 5.92 Å². The van der Waals surface area contributed by atoms with Gasteiger partial charge in [-0.15, -0.1) is 0 Å². The first-order chi connectivity index (χ1) is 3.58. The largest absolute Gasteiger partial charge is 0.327 e. The second-order valence-electron chi connectivity index (χ2n) is 2.85. The van der Waals surface area contributed by atoms with Crippen molar-refractivity contribution in [1.29, 1.82) is 0 Å².